The molecule has 0 atom stereocenters. The molecule has 0 aliphatic carbocycles. The normalized spacial score (nSPS) is 10.7. The molecule has 3 aromatic rings. The molecule has 2 heterocycles. The standard InChI is InChI=1S/C14H11N3S/c1-17-12-4-2-3-11(8-15)14(12)16-13(17)7-10-5-6-18-9-10/h2-6,9H,7H2,1H3. The lowest BCUT2D eigenvalue weighted by Crippen LogP contribution is -1.97. The lowest BCUT2D eigenvalue weighted by Gasteiger charge is -2.00. The summed E-state index contributed by atoms with van der Waals surface area (Å²) in [6.07, 6.45) is 0.805. The molecule has 1 aromatic carbocycles. The molecule has 0 spiro atoms. The molecule has 18 heavy (non-hydrogen) atoms. The molecule has 0 aliphatic rings. The Kier molecular flexibility index (Phi) is 2.62. The van der Waals surface area contributed by atoms with Crippen molar-refractivity contribution in [1.29, 1.82) is 5.26 Å². The van der Waals surface area contributed by atoms with Gasteiger partial charge in [-0.25, -0.2) is 4.98 Å². The number of hydrogen-bond acceptors (Lipinski definition) is 3. The molecular formula is C14H11N3S. The molecular weight excluding hydrogens is 242 g/mol. The molecule has 0 N–H and O–H groups in total. The number of nitrogens with zero attached hydrogens (tertiary/aromatic N) is 3. The minimum absolute atomic E-state index is 0.639. The van der Waals surface area contributed by atoms with E-state index in [2.05, 4.69) is 32.4 Å². The predicted octanol–water partition coefficient (Wildman–Crippen LogP) is 3.10. The fraction of sp³-hybridized carbons (Fsp3) is 0.143. The number of benzene rings is 1. The van der Waals surface area contributed by atoms with Crippen molar-refractivity contribution in [3.63, 3.8) is 0 Å². The Balaban J connectivity index is 2.14. The zero-order chi connectivity index (χ0) is 12.5. The molecule has 0 radical (unpaired) electrons. The first-order chi connectivity index (χ1) is 8.79. The largest absolute Gasteiger partial charge is 0.331 e. The summed E-state index contributed by atoms with van der Waals surface area (Å²) in [5.41, 5.74) is 3.71. The van der Waals surface area contributed by atoms with E-state index < -0.39 is 0 Å². The first-order valence-electron chi connectivity index (χ1n) is 5.65. The third-order valence-corrected chi connectivity index (χ3v) is 3.80. The van der Waals surface area contributed by atoms with E-state index in [0.717, 1.165) is 23.3 Å². The van der Waals surface area contributed by atoms with Crippen molar-refractivity contribution < 1.29 is 0 Å². The minimum atomic E-state index is 0.639. The summed E-state index contributed by atoms with van der Waals surface area (Å²) in [4.78, 5) is 4.60. The van der Waals surface area contributed by atoms with Gasteiger partial charge >= 0.3 is 0 Å². The van der Waals surface area contributed by atoms with Crippen LogP contribution in [0.5, 0.6) is 0 Å². The van der Waals surface area contributed by atoms with Crippen LogP contribution in [0, 0.1) is 11.3 Å². The molecule has 0 bridgehead atoms. The van der Waals surface area contributed by atoms with Crippen LogP contribution < -0.4 is 0 Å². The highest BCUT2D eigenvalue weighted by Crippen LogP contribution is 2.20. The second-order valence-electron chi connectivity index (χ2n) is 4.18. The van der Waals surface area contributed by atoms with Crippen molar-refractivity contribution in [2.24, 2.45) is 7.05 Å². The first kappa shape index (κ1) is 11.0. The average molecular weight is 253 g/mol. The van der Waals surface area contributed by atoms with Gasteiger partial charge in [0.25, 0.3) is 0 Å². The summed E-state index contributed by atoms with van der Waals surface area (Å²) >= 11 is 1.69. The lowest BCUT2D eigenvalue weighted by molar-refractivity contribution is 0.846. The van der Waals surface area contributed by atoms with E-state index in [9.17, 15) is 0 Å². The first-order valence-corrected chi connectivity index (χ1v) is 6.59. The highest BCUT2D eigenvalue weighted by molar-refractivity contribution is 7.07. The fourth-order valence-corrected chi connectivity index (χ4v) is 2.76. The smallest absolute Gasteiger partial charge is 0.114 e. The molecule has 3 rings (SSSR count). The van der Waals surface area contributed by atoms with E-state index >= 15 is 0 Å². The number of nitriles is 1. The van der Waals surface area contributed by atoms with Crippen molar-refractivity contribution >= 4 is 22.4 Å². The Morgan fingerprint density at radius 2 is 2.28 bits per heavy atom. The Morgan fingerprint density at radius 3 is 3.00 bits per heavy atom. The summed E-state index contributed by atoms with van der Waals surface area (Å²) < 4.78 is 2.06. The zero-order valence-corrected chi connectivity index (χ0v) is 10.7. The maximum absolute atomic E-state index is 9.09. The van der Waals surface area contributed by atoms with Crippen LogP contribution in [-0.2, 0) is 13.5 Å². The monoisotopic (exact) mass is 253 g/mol. The quantitative estimate of drug-likeness (QED) is 0.704. The number of fused-ring (bicyclic) bond motifs is 1. The predicted molar refractivity (Wildman–Crippen MR) is 72.6 cm³/mol. The van der Waals surface area contributed by atoms with Crippen LogP contribution >= 0.6 is 11.3 Å². The van der Waals surface area contributed by atoms with E-state index in [-0.39, 0.29) is 0 Å². The van der Waals surface area contributed by atoms with Gasteiger partial charge < -0.3 is 4.57 Å². The molecule has 0 aliphatic heterocycles. The molecule has 0 amide bonds. The number of hydrogen-bond donors (Lipinski definition) is 0. The molecule has 0 unspecified atom stereocenters. The van der Waals surface area contributed by atoms with E-state index in [0.29, 0.717) is 5.56 Å². The number of para-hydroxylation sites is 1. The highest BCUT2D eigenvalue weighted by Gasteiger charge is 2.11. The second-order valence-corrected chi connectivity index (χ2v) is 4.96. The third kappa shape index (κ3) is 1.69. The SMILES string of the molecule is Cn1c(Cc2ccsc2)nc2c(C#N)cccc21. The molecule has 3 nitrogen and oxygen atoms in total. The Bertz CT molecular complexity index is 732. The summed E-state index contributed by atoms with van der Waals surface area (Å²) in [6.45, 7) is 0. The maximum Gasteiger partial charge on any atom is 0.114 e. The molecule has 0 saturated heterocycles. The third-order valence-electron chi connectivity index (χ3n) is 3.07. The van der Waals surface area contributed by atoms with Gasteiger partial charge in [-0.3, -0.25) is 0 Å². The highest BCUT2D eigenvalue weighted by atomic mass is 32.1. The number of aromatic nitrogens is 2. The summed E-state index contributed by atoms with van der Waals surface area (Å²) in [5, 5.41) is 13.3. The van der Waals surface area contributed by atoms with E-state index in [1.807, 2.05) is 25.2 Å². The molecule has 4 heteroatoms. The molecule has 0 fully saturated rings. The van der Waals surface area contributed by atoms with Crippen LogP contribution in [0.4, 0.5) is 0 Å². The van der Waals surface area contributed by atoms with Gasteiger partial charge in [0, 0.05) is 13.5 Å². The van der Waals surface area contributed by atoms with Crippen LogP contribution in [0.2, 0.25) is 0 Å². The van der Waals surface area contributed by atoms with Gasteiger partial charge in [-0.1, -0.05) is 6.07 Å². The van der Waals surface area contributed by atoms with E-state index in [1.54, 1.807) is 11.3 Å². The summed E-state index contributed by atoms with van der Waals surface area (Å²) in [6, 6.07) is 10.0. The van der Waals surface area contributed by atoms with Crippen molar-refractivity contribution in [3.05, 3.63) is 52.0 Å². The van der Waals surface area contributed by atoms with Crippen LogP contribution in [0.25, 0.3) is 11.0 Å². The van der Waals surface area contributed by atoms with Gasteiger partial charge in [-0.2, -0.15) is 16.6 Å². The van der Waals surface area contributed by atoms with E-state index in [1.165, 1.54) is 5.56 Å². The van der Waals surface area contributed by atoms with Gasteiger partial charge in [-0.15, -0.1) is 0 Å². The van der Waals surface area contributed by atoms with Crippen molar-refractivity contribution in [3.8, 4) is 6.07 Å². The summed E-state index contributed by atoms with van der Waals surface area (Å²) in [7, 11) is 2.00. The molecule has 0 saturated carbocycles. The molecule has 2 aromatic heterocycles. The Morgan fingerprint density at radius 1 is 1.39 bits per heavy atom. The van der Waals surface area contributed by atoms with Crippen LogP contribution in [0.15, 0.2) is 35.0 Å². The fourth-order valence-electron chi connectivity index (χ4n) is 2.09. The lowest BCUT2D eigenvalue weighted by atomic mass is 10.2. The number of imidazole rings is 1. The average Bonchev–Trinajstić information content (AvgIpc) is 3.00. The van der Waals surface area contributed by atoms with Crippen molar-refractivity contribution in [1.82, 2.24) is 9.55 Å². The number of rotatable bonds is 2. The Hall–Kier alpha value is -2.12. The van der Waals surface area contributed by atoms with Crippen LogP contribution in [0.3, 0.4) is 0 Å². The number of aryl methyl sites for hydroxylation is 1. The topological polar surface area (TPSA) is 41.6 Å². The van der Waals surface area contributed by atoms with E-state index in [4.69, 9.17) is 5.26 Å². The summed E-state index contributed by atoms with van der Waals surface area (Å²) in [5.74, 6) is 0.992. The van der Waals surface area contributed by atoms with Gasteiger partial charge in [0.2, 0.25) is 0 Å². The number of thiophene rings is 1. The Labute approximate surface area is 109 Å². The van der Waals surface area contributed by atoms with Crippen molar-refractivity contribution in [2.45, 2.75) is 6.42 Å². The van der Waals surface area contributed by atoms with Crippen molar-refractivity contribution in [2.75, 3.05) is 0 Å². The second kappa shape index (κ2) is 4.28. The minimum Gasteiger partial charge on any atom is -0.331 e. The van der Waals surface area contributed by atoms with Gasteiger partial charge in [0.05, 0.1) is 11.1 Å². The van der Waals surface area contributed by atoms with Crippen LogP contribution in [0.1, 0.15) is 17.0 Å². The van der Waals surface area contributed by atoms with Gasteiger partial charge in [-0.05, 0) is 34.5 Å². The van der Waals surface area contributed by atoms with Gasteiger partial charge in [0.1, 0.15) is 17.4 Å². The zero-order valence-electron chi connectivity index (χ0n) is 9.92. The van der Waals surface area contributed by atoms with Crippen LogP contribution in [-0.4, -0.2) is 9.55 Å². The molecule has 88 valence electrons. The maximum atomic E-state index is 9.09. The van der Waals surface area contributed by atoms with Gasteiger partial charge in [0.15, 0.2) is 0 Å².